The van der Waals surface area contributed by atoms with Gasteiger partial charge in [-0.2, -0.15) is 0 Å². The first-order valence-corrected chi connectivity index (χ1v) is 11.6. The zero-order valence-corrected chi connectivity index (χ0v) is 19.8. The van der Waals surface area contributed by atoms with E-state index in [2.05, 4.69) is 29.4 Å². The maximum Gasteiger partial charge on any atom is 0.230 e. The average Bonchev–Trinajstić information content (AvgIpc) is 3.23. The molecule has 1 heterocycles. The van der Waals surface area contributed by atoms with Crippen LogP contribution in [0.1, 0.15) is 25.5 Å². The second-order valence-corrected chi connectivity index (χ2v) is 8.61. The summed E-state index contributed by atoms with van der Waals surface area (Å²) >= 11 is 1.38. The summed E-state index contributed by atoms with van der Waals surface area (Å²) in [6.45, 7) is 5.33. The van der Waals surface area contributed by atoms with Gasteiger partial charge >= 0.3 is 0 Å². The van der Waals surface area contributed by atoms with Crippen molar-refractivity contribution in [2.75, 3.05) is 26.6 Å². The number of hydrogen-bond donors (Lipinski definition) is 1. The Bertz CT molecular complexity index is 990. The van der Waals surface area contributed by atoms with Crippen LogP contribution >= 0.6 is 11.8 Å². The quantitative estimate of drug-likeness (QED) is 0.438. The van der Waals surface area contributed by atoms with E-state index in [1.165, 1.54) is 11.8 Å². The van der Waals surface area contributed by atoms with E-state index in [9.17, 15) is 4.79 Å². The molecule has 32 heavy (non-hydrogen) atoms. The van der Waals surface area contributed by atoms with Gasteiger partial charge in [-0.25, -0.2) is 0 Å². The maximum atomic E-state index is 12.8. The van der Waals surface area contributed by atoms with Crippen molar-refractivity contribution in [2.45, 2.75) is 31.6 Å². The molecular formula is C24H30N4O3S. The second-order valence-electron chi connectivity index (χ2n) is 7.67. The molecular weight excluding hydrogens is 424 g/mol. The molecule has 170 valence electrons. The van der Waals surface area contributed by atoms with Gasteiger partial charge < -0.3 is 14.8 Å². The number of amides is 1. The smallest absolute Gasteiger partial charge is 0.230 e. The van der Waals surface area contributed by atoms with Crippen LogP contribution in [-0.4, -0.2) is 47.3 Å². The zero-order chi connectivity index (χ0) is 22.9. The number of nitrogens with zero attached hydrogens (tertiary/aromatic N) is 3. The lowest BCUT2D eigenvalue weighted by atomic mass is 9.96. The molecule has 8 heteroatoms. The average molecular weight is 455 g/mol. The number of ether oxygens (including phenoxy) is 2. The van der Waals surface area contributed by atoms with Crippen LogP contribution in [0.3, 0.4) is 0 Å². The van der Waals surface area contributed by atoms with Gasteiger partial charge in [-0.3, -0.25) is 9.36 Å². The van der Waals surface area contributed by atoms with Gasteiger partial charge in [0.05, 0.1) is 32.1 Å². The first-order valence-electron chi connectivity index (χ1n) is 10.6. The summed E-state index contributed by atoms with van der Waals surface area (Å²) in [7, 11) is 3.31. The Hall–Kier alpha value is -2.84. The van der Waals surface area contributed by atoms with Gasteiger partial charge in [-0.15, -0.1) is 10.2 Å². The third-order valence-corrected chi connectivity index (χ3v) is 6.03. The van der Waals surface area contributed by atoms with Crippen LogP contribution < -0.4 is 10.1 Å². The molecule has 7 nitrogen and oxygen atoms in total. The number of methoxy groups -OCH3 is 2. The van der Waals surface area contributed by atoms with Gasteiger partial charge in [-0.05, 0) is 23.6 Å². The van der Waals surface area contributed by atoms with E-state index in [0.29, 0.717) is 18.3 Å². The molecule has 0 saturated carbocycles. The van der Waals surface area contributed by atoms with Gasteiger partial charge in [-0.1, -0.05) is 68.1 Å². The molecule has 0 aliphatic carbocycles. The predicted molar refractivity (Wildman–Crippen MR) is 127 cm³/mol. The molecule has 0 aliphatic rings. The molecule has 0 unspecified atom stereocenters. The van der Waals surface area contributed by atoms with Crippen LogP contribution in [0.4, 0.5) is 0 Å². The molecule has 1 aromatic heterocycles. The van der Waals surface area contributed by atoms with Gasteiger partial charge in [0.1, 0.15) is 5.75 Å². The topological polar surface area (TPSA) is 78.3 Å². The van der Waals surface area contributed by atoms with Gasteiger partial charge in [0, 0.05) is 12.7 Å². The highest BCUT2D eigenvalue weighted by Gasteiger charge is 2.20. The molecule has 0 bridgehead atoms. The zero-order valence-electron chi connectivity index (χ0n) is 18.9. The summed E-state index contributed by atoms with van der Waals surface area (Å²) in [5.41, 5.74) is 2.03. The van der Waals surface area contributed by atoms with Crippen molar-refractivity contribution in [1.82, 2.24) is 20.1 Å². The van der Waals surface area contributed by atoms with Crippen molar-refractivity contribution in [3.63, 3.8) is 0 Å². The Morgan fingerprint density at radius 2 is 1.78 bits per heavy atom. The number of carbonyl (C=O) groups is 1. The largest absolute Gasteiger partial charge is 0.497 e. The second kappa shape index (κ2) is 11.7. The van der Waals surface area contributed by atoms with Crippen molar-refractivity contribution in [1.29, 1.82) is 0 Å². The molecule has 1 atom stereocenters. The highest BCUT2D eigenvalue weighted by molar-refractivity contribution is 7.99. The van der Waals surface area contributed by atoms with Gasteiger partial charge in [0.2, 0.25) is 5.91 Å². The van der Waals surface area contributed by atoms with E-state index in [1.807, 2.05) is 59.2 Å². The Balaban J connectivity index is 1.69. The minimum Gasteiger partial charge on any atom is -0.497 e. The lowest BCUT2D eigenvalue weighted by Gasteiger charge is -2.23. The minimum atomic E-state index is -0.0831. The fourth-order valence-electron chi connectivity index (χ4n) is 3.37. The van der Waals surface area contributed by atoms with Crippen molar-refractivity contribution in [3.8, 4) is 17.1 Å². The summed E-state index contributed by atoms with van der Waals surface area (Å²) in [6, 6.07) is 17.6. The molecule has 0 saturated heterocycles. The Labute approximate surface area is 193 Å². The Morgan fingerprint density at radius 1 is 1.06 bits per heavy atom. The van der Waals surface area contributed by atoms with Gasteiger partial charge in [0.15, 0.2) is 11.0 Å². The molecule has 1 N–H and O–H groups in total. The van der Waals surface area contributed by atoms with Crippen LogP contribution in [0.2, 0.25) is 0 Å². The molecule has 0 aliphatic heterocycles. The molecule has 0 spiro atoms. The highest BCUT2D eigenvalue weighted by atomic mass is 32.2. The first kappa shape index (κ1) is 23.8. The number of hydrogen-bond acceptors (Lipinski definition) is 6. The third kappa shape index (κ3) is 6.11. The monoisotopic (exact) mass is 454 g/mol. The lowest BCUT2D eigenvalue weighted by Crippen LogP contribution is -2.33. The molecule has 3 rings (SSSR count). The minimum absolute atomic E-state index is 0.0490. The summed E-state index contributed by atoms with van der Waals surface area (Å²) < 4.78 is 12.5. The summed E-state index contributed by atoms with van der Waals surface area (Å²) in [5, 5.41) is 12.6. The van der Waals surface area contributed by atoms with E-state index in [-0.39, 0.29) is 23.6 Å². The van der Waals surface area contributed by atoms with E-state index in [0.717, 1.165) is 22.7 Å². The normalized spacial score (nSPS) is 12.0. The maximum absolute atomic E-state index is 12.8. The highest BCUT2D eigenvalue weighted by Crippen LogP contribution is 2.26. The van der Waals surface area contributed by atoms with E-state index in [1.54, 1.807) is 14.2 Å². The Kier molecular flexibility index (Phi) is 8.70. The van der Waals surface area contributed by atoms with Crippen molar-refractivity contribution >= 4 is 17.7 Å². The molecule has 1 amide bonds. The van der Waals surface area contributed by atoms with Crippen LogP contribution in [0.5, 0.6) is 5.75 Å². The van der Waals surface area contributed by atoms with Gasteiger partial charge in [0.25, 0.3) is 0 Å². The predicted octanol–water partition coefficient (Wildman–Crippen LogP) is 4.21. The number of thioether (sulfide) groups is 1. The van der Waals surface area contributed by atoms with E-state index >= 15 is 0 Å². The van der Waals surface area contributed by atoms with Crippen molar-refractivity contribution < 1.29 is 14.3 Å². The number of carbonyl (C=O) groups excluding carboxylic acids is 1. The lowest BCUT2D eigenvalue weighted by molar-refractivity contribution is -0.119. The van der Waals surface area contributed by atoms with E-state index < -0.39 is 0 Å². The van der Waals surface area contributed by atoms with Crippen LogP contribution in [-0.2, 0) is 16.1 Å². The fraction of sp³-hybridized carbons (Fsp3) is 0.375. The molecule has 2 aromatic carbocycles. The standard InChI is InChI=1S/C24H30N4O3S/c1-17(2)22(18-10-12-20(31-4)13-11-18)25-21(29)16-32-24-27-26-23(28(24)14-15-30-3)19-8-6-5-7-9-19/h5-13,17,22H,14-16H2,1-4H3,(H,25,29)/t22-/m1/s1. The summed E-state index contributed by atoms with van der Waals surface area (Å²) in [6.07, 6.45) is 0. The summed E-state index contributed by atoms with van der Waals surface area (Å²) in [5.74, 6) is 2.00. The third-order valence-electron chi connectivity index (χ3n) is 5.06. The molecule has 0 radical (unpaired) electrons. The number of benzene rings is 2. The van der Waals surface area contributed by atoms with E-state index in [4.69, 9.17) is 9.47 Å². The number of rotatable bonds is 11. The number of nitrogens with one attached hydrogen (secondary N) is 1. The fourth-order valence-corrected chi connectivity index (χ4v) is 4.15. The molecule has 3 aromatic rings. The first-order chi connectivity index (χ1) is 15.5. The number of aromatic nitrogens is 3. The SMILES string of the molecule is COCCn1c(SCC(=O)N[C@@H](c2ccc(OC)cc2)C(C)C)nnc1-c1ccccc1. The molecule has 0 fully saturated rings. The van der Waals surface area contributed by atoms with Crippen molar-refractivity contribution in [3.05, 3.63) is 60.2 Å². The van der Waals surface area contributed by atoms with Crippen molar-refractivity contribution in [2.24, 2.45) is 5.92 Å². The van der Waals surface area contributed by atoms with Crippen LogP contribution in [0, 0.1) is 5.92 Å². The van der Waals surface area contributed by atoms with Crippen LogP contribution in [0.15, 0.2) is 59.8 Å². The van der Waals surface area contributed by atoms with Crippen LogP contribution in [0.25, 0.3) is 11.4 Å². The Morgan fingerprint density at radius 3 is 2.41 bits per heavy atom. The summed E-state index contributed by atoms with van der Waals surface area (Å²) in [4.78, 5) is 12.8.